The summed E-state index contributed by atoms with van der Waals surface area (Å²) in [6.07, 6.45) is 3.18. The van der Waals surface area contributed by atoms with E-state index in [1.807, 2.05) is 12.1 Å². The first-order valence-electron chi connectivity index (χ1n) is 7.35. The fourth-order valence-electron chi connectivity index (χ4n) is 2.35. The summed E-state index contributed by atoms with van der Waals surface area (Å²) in [6.45, 7) is 0.687. The van der Waals surface area contributed by atoms with Crippen LogP contribution in [0.2, 0.25) is 0 Å². The Labute approximate surface area is 147 Å². The molecule has 3 aromatic rings. The standard InChI is InChI=1S/C18H16BrNO4/c1-22-13-6-7-17(19)16(10-13)18(21)20(11-14-4-2-8-23-14)12-15-5-3-9-24-15/h2-10H,11-12H2,1H3. The summed E-state index contributed by atoms with van der Waals surface area (Å²) < 4.78 is 16.7. The fraction of sp³-hybridized carbons (Fsp3) is 0.167. The summed E-state index contributed by atoms with van der Waals surface area (Å²) in [4.78, 5) is 14.7. The maximum Gasteiger partial charge on any atom is 0.255 e. The number of hydrogen-bond donors (Lipinski definition) is 0. The number of methoxy groups -OCH3 is 1. The first kappa shape index (κ1) is 16.4. The molecule has 24 heavy (non-hydrogen) atoms. The number of ether oxygens (including phenoxy) is 1. The van der Waals surface area contributed by atoms with Crippen LogP contribution in [0.4, 0.5) is 0 Å². The Hall–Kier alpha value is -2.47. The van der Waals surface area contributed by atoms with E-state index < -0.39 is 0 Å². The average Bonchev–Trinajstić information content (AvgIpc) is 3.28. The maximum atomic E-state index is 13.0. The van der Waals surface area contributed by atoms with Crippen LogP contribution >= 0.6 is 15.9 Å². The second kappa shape index (κ2) is 7.40. The molecule has 0 radical (unpaired) electrons. The molecule has 0 N–H and O–H groups in total. The Morgan fingerprint density at radius 2 is 1.71 bits per heavy atom. The van der Waals surface area contributed by atoms with Gasteiger partial charge in [0.05, 0.1) is 38.3 Å². The van der Waals surface area contributed by atoms with Gasteiger partial charge in [-0.05, 0) is 58.4 Å². The van der Waals surface area contributed by atoms with Gasteiger partial charge in [-0.3, -0.25) is 4.79 Å². The van der Waals surface area contributed by atoms with E-state index in [0.717, 1.165) is 0 Å². The molecule has 1 aromatic carbocycles. The summed E-state index contributed by atoms with van der Waals surface area (Å²) in [5.74, 6) is 1.88. The van der Waals surface area contributed by atoms with Gasteiger partial charge in [0.2, 0.25) is 0 Å². The van der Waals surface area contributed by atoms with Crippen molar-refractivity contribution in [2.75, 3.05) is 7.11 Å². The van der Waals surface area contributed by atoms with Crippen molar-refractivity contribution in [2.45, 2.75) is 13.1 Å². The molecule has 0 spiro atoms. The predicted octanol–water partition coefficient (Wildman–Crippen LogP) is 4.49. The number of nitrogens with zero attached hydrogens (tertiary/aromatic N) is 1. The van der Waals surface area contributed by atoms with Crippen LogP contribution in [0, 0.1) is 0 Å². The van der Waals surface area contributed by atoms with E-state index in [1.165, 1.54) is 0 Å². The quantitative estimate of drug-likeness (QED) is 0.623. The van der Waals surface area contributed by atoms with Crippen molar-refractivity contribution >= 4 is 21.8 Å². The van der Waals surface area contributed by atoms with Gasteiger partial charge >= 0.3 is 0 Å². The molecule has 6 heteroatoms. The van der Waals surface area contributed by atoms with Gasteiger partial charge in [-0.2, -0.15) is 0 Å². The molecule has 0 saturated heterocycles. The first-order valence-corrected chi connectivity index (χ1v) is 8.14. The van der Waals surface area contributed by atoms with E-state index in [-0.39, 0.29) is 5.91 Å². The molecule has 0 bridgehead atoms. The highest BCUT2D eigenvalue weighted by molar-refractivity contribution is 9.10. The van der Waals surface area contributed by atoms with Gasteiger partial charge in [-0.25, -0.2) is 0 Å². The van der Waals surface area contributed by atoms with Crippen LogP contribution in [0.1, 0.15) is 21.9 Å². The highest BCUT2D eigenvalue weighted by Gasteiger charge is 2.21. The first-order chi connectivity index (χ1) is 11.7. The van der Waals surface area contributed by atoms with Crippen molar-refractivity contribution in [3.63, 3.8) is 0 Å². The molecule has 0 aliphatic heterocycles. The minimum absolute atomic E-state index is 0.145. The van der Waals surface area contributed by atoms with Crippen LogP contribution in [-0.4, -0.2) is 17.9 Å². The number of rotatable bonds is 6. The van der Waals surface area contributed by atoms with Crippen molar-refractivity contribution in [1.29, 1.82) is 0 Å². The summed E-state index contributed by atoms with van der Waals surface area (Å²) in [7, 11) is 1.57. The molecule has 3 rings (SSSR count). The zero-order chi connectivity index (χ0) is 16.9. The van der Waals surface area contributed by atoms with Crippen molar-refractivity contribution in [3.05, 3.63) is 76.5 Å². The molecule has 2 heterocycles. The number of hydrogen-bond acceptors (Lipinski definition) is 4. The van der Waals surface area contributed by atoms with Gasteiger partial charge < -0.3 is 18.5 Å². The molecule has 0 aliphatic rings. The number of amides is 1. The van der Waals surface area contributed by atoms with E-state index >= 15 is 0 Å². The molecule has 0 atom stereocenters. The SMILES string of the molecule is COc1ccc(Br)c(C(=O)N(Cc2ccco2)Cc2ccco2)c1. The summed E-state index contributed by atoms with van der Waals surface area (Å²) in [5.41, 5.74) is 0.521. The van der Waals surface area contributed by atoms with Crippen molar-refractivity contribution in [3.8, 4) is 5.75 Å². The van der Waals surface area contributed by atoms with Gasteiger partial charge in [0, 0.05) is 4.47 Å². The second-order valence-electron chi connectivity index (χ2n) is 5.17. The third kappa shape index (κ3) is 3.71. The van der Waals surface area contributed by atoms with Gasteiger partial charge in [0.15, 0.2) is 0 Å². The molecule has 0 aliphatic carbocycles. The normalized spacial score (nSPS) is 10.6. The van der Waals surface area contributed by atoms with Crippen LogP contribution in [0.5, 0.6) is 5.75 Å². The third-order valence-electron chi connectivity index (χ3n) is 3.54. The van der Waals surface area contributed by atoms with Gasteiger partial charge in [-0.15, -0.1) is 0 Å². The van der Waals surface area contributed by atoms with E-state index in [9.17, 15) is 4.79 Å². The van der Waals surface area contributed by atoms with Crippen molar-refractivity contribution in [2.24, 2.45) is 0 Å². The van der Waals surface area contributed by atoms with Crippen LogP contribution in [0.15, 0.2) is 68.3 Å². The lowest BCUT2D eigenvalue weighted by atomic mass is 10.1. The highest BCUT2D eigenvalue weighted by Crippen LogP contribution is 2.25. The Morgan fingerprint density at radius 3 is 2.21 bits per heavy atom. The minimum Gasteiger partial charge on any atom is -0.497 e. The Kier molecular flexibility index (Phi) is 5.05. The monoisotopic (exact) mass is 389 g/mol. The molecule has 0 fully saturated rings. The highest BCUT2D eigenvalue weighted by atomic mass is 79.9. The van der Waals surface area contributed by atoms with Crippen LogP contribution in [0.3, 0.4) is 0 Å². The number of benzene rings is 1. The van der Waals surface area contributed by atoms with Crippen LogP contribution in [-0.2, 0) is 13.1 Å². The molecule has 1 amide bonds. The minimum atomic E-state index is -0.145. The zero-order valence-corrected chi connectivity index (χ0v) is 14.7. The number of carbonyl (C=O) groups is 1. The van der Waals surface area contributed by atoms with Gasteiger partial charge in [-0.1, -0.05) is 0 Å². The van der Waals surface area contributed by atoms with Gasteiger partial charge in [0.25, 0.3) is 5.91 Å². The van der Waals surface area contributed by atoms with E-state index in [4.69, 9.17) is 13.6 Å². The average molecular weight is 390 g/mol. The molecular formula is C18H16BrNO4. The van der Waals surface area contributed by atoms with Crippen LogP contribution in [0.25, 0.3) is 0 Å². The Balaban J connectivity index is 1.90. The molecular weight excluding hydrogens is 374 g/mol. The fourth-order valence-corrected chi connectivity index (χ4v) is 2.76. The lowest BCUT2D eigenvalue weighted by Gasteiger charge is -2.21. The second-order valence-corrected chi connectivity index (χ2v) is 6.02. The van der Waals surface area contributed by atoms with E-state index in [1.54, 1.807) is 54.9 Å². The summed E-state index contributed by atoms with van der Waals surface area (Å²) in [5, 5.41) is 0. The summed E-state index contributed by atoms with van der Waals surface area (Å²) in [6, 6.07) is 12.6. The molecule has 124 valence electrons. The molecule has 0 saturated carbocycles. The predicted molar refractivity (Wildman–Crippen MR) is 91.7 cm³/mol. The topological polar surface area (TPSA) is 55.8 Å². The molecule has 5 nitrogen and oxygen atoms in total. The lowest BCUT2D eigenvalue weighted by molar-refractivity contribution is 0.0703. The number of halogens is 1. The smallest absolute Gasteiger partial charge is 0.255 e. The van der Waals surface area contributed by atoms with Crippen LogP contribution < -0.4 is 4.74 Å². The molecule has 0 unspecified atom stereocenters. The Bertz CT molecular complexity index is 760. The van der Waals surface area contributed by atoms with E-state index in [0.29, 0.717) is 40.4 Å². The number of carbonyl (C=O) groups excluding carboxylic acids is 1. The van der Waals surface area contributed by atoms with E-state index in [2.05, 4.69) is 15.9 Å². The lowest BCUT2D eigenvalue weighted by Crippen LogP contribution is -2.30. The third-order valence-corrected chi connectivity index (χ3v) is 4.24. The zero-order valence-electron chi connectivity index (χ0n) is 13.1. The number of furan rings is 2. The van der Waals surface area contributed by atoms with Crippen molar-refractivity contribution < 1.29 is 18.4 Å². The maximum absolute atomic E-state index is 13.0. The largest absolute Gasteiger partial charge is 0.497 e. The summed E-state index contributed by atoms with van der Waals surface area (Å²) >= 11 is 3.43. The van der Waals surface area contributed by atoms with Gasteiger partial charge in [0.1, 0.15) is 17.3 Å². The Morgan fingerprint density at radius 1 is 1.08 bits per heavy atom. The van der Waals surface area contributed by atoms with Crippen molar-refractivity contribution in [1.82, 2.24) is 4.90 Å². The molecule has 2 aromatic heterocycles.